The molecule has 10 nitrogen and oxygen atoms in total. The SMILES string of the molecule is COP1(=O)[C@H](COCc2ccccc2)[C@@H](OC(C)=O)[C@H](OCc2ccccc2)[C@@H](OC(C)=O)[C@H]1OC(C)=O. The molecule has 1 saturated heterocycles. The Bertz CT molecular complexity index is 1120. The fraction of sp³-hybridized carbons (Fsp3) is 0.444. The fourth-order valence-electron chi connectivity index (χ4n) is 4.40. The molecule has 11 heteroatoms. The minimum atomic E-state index is -4.05. The first-order chi connectivity index (χ1) is 18.2. The van der Waals surface area contributed by atoms with Crippen LogP contribution in [0.25, 0.3) is 0 Å². The maximum Gasteiger partial charge on any atom is 0.303 e. The Balaban J connectivity index is 2.03. The molecule has 2 aromatic carbocycles. The van der Waals surface area contributed by atoms with E-state index in [1.807, 2.05) is 60.7 Å². The van der Waals surface area contributed by atoms with Gasteiger partial charge in [0.05, 0.1) is 19.8 Å². The lowest BCUT2D eigenvalue weighted by atomic mass is 10.0. The van der Waals surface area contributed by atoms with Crippen molar-refractivity contribution in [2.45, 2.75) is 63.8 Å². The maximum absolute atomic E-state index is 14.4. The van der Waals surface area contributed by atoms with Crippen LogP contribution in [0.15, 0.2) is 60.7 Å². The van der Waals surface area contributed by atoms with Crippen LogP contribution in [0.3, 0.4) is 0 Å². The third-order valence-electron chi connectivity index (χ3n) is 5.99. The largest absolute Gasteiger partial charge is 0.459 e. The molecule has 0 radical (unpaired) electrons. The van der Waals surface area contributed by atoms with E-state index in [-0.39, 0.29) is 19.8 Å². The van der Waals surface area contributed by atoms with Crippen molar-refractivity contribution in [1.29, 1.82) is 0 Å². The van der Waals surface area contributed by atoms with Crippen molar-refractivity contribution in [2.24, 2.45) is 0 Å². The van der Waals surface area contributed by atoms with Gasteiger partial charge < -0.3 is 28.2 Å². The Hall–Kier alpha value is -3.04. The van der Waals surface area contributed by atoms with Crippen LogP contribution in [0, 0.1) is 0 Å². The predicted octanol–water partition coefficient (Wildman–Crippen LogP) is 3.85. The number of rotatable bonds is 11. The van der Waals surface area contributed by atoms with Crippen LogP contribution >= 0.6 is 7.37 Å². The molecule has 1 aliphatic rings. The van der Waals surface area contributed by atoms with Crippen LogP contribution in [0.2, 0.25) is 0 Å². The molecule has 0 aromatic heterocycles. The molecule has 1 fully saturated rings. The van der Waals surface area contributed by atoms with Crippen molar-refractivity contribution in [3.05, 3.63) is 71.8 Å². The second-order valence-corrected chi connectivity index (χ2v) is 11.6. The van der Waals surface area contributed by atoms with Gasteiger partial charge in [-0.1, -0.05) is 60.7 Å². The van der Waals surface area contributed by atoms with E-state index in [4.69, 9.17) is 28.2 Å². The van der Waals surface area contributed by atoms with Crippen LogP contribution in [-0.2, 0) is 60.4 Å². The minimum absolute atomic E-state index is 0.0443. The van der Waals surface area contributed by atoms with Gasteiger partial charge in [0.1, 0.15) is 17.9 Å². The standard InChI is InChI=1S/C27H33O10P/c1-18(28)35-24-23(17-33-15-21-11-7-5-8-12-21)38(31,32-4)27(37-20(3)30)26(36-19(2)29)25(24)34-16-22-13-9-6-10-14-22/h5-14,23-27H,15-17H2,1-4H3/t23-,24-,25+,26-,27+,38?/m1/s1. The monoisotopic (exact) mass is 548 g/mol. The van der Waals surface area contributed by atoms with Gasteiger partial charge in [0, 0.05) is 27.9 Å². The van der Waals surface area contributed by atoms with Crippen LogP contribution in [0.5, 0.6) is 0 Å². The summed E-state index contributed by atoms with van der Waals surface area (Å²) < 4.78 is 48.6. The van der Waals surface area contributed by atoms with Crippen molar-refractivity contribution in [3.8, 4) is 0 Å². The topological polar surface area (TPSA) is 124 Å². The maximum atomic E-state index is 14.4. The van der Waals surface area contributed by atoms with Crippen LogP contribution in [0.4, 0.5) is 0 Å². The molecule has 1 aliphatic heterocycles. The third-order valence-corrected chi connectivity index (χ3v) is 9.03. The molecule has 0 amide bonds. The Morgan fingerprint density at radius 1 is 0.711 bits per heavy atom. The molecule has 38 heavy (non-hydrogen) atoms. The number of hydrogen-bond donors (Lipinski definition) is 0. The van der Waals surface area contributed by atoms with Gasteiger partial charge in [-0.05, 0) is 11.1 Å². The Kier molecular flexibility index (Phi) is 10.6. The van der Waals surface area contributed by atoms with Gasteiger partial charge in [-0.3, -0.25) is 18.9 Å². The molecule has 3 rings (SSSR count). The van der Waals surface area contributed by atoms with Crippen LogP contribution < -0.4 is 0 Å². The molecular weight excluding hydrogens is 515 g/mol. The lowest BCUT2D eigenvalue weighted by molar-refractivity contribution is -0.196. The van der Waals surface area contributed by atoms with E-state index < -0.39 is 55.1 Å². The highest BCUT2D eigenvalue weighted by Gasteiger charge is 2.63. The van der Waals surface area contributed by atoms with Crippen LogP contribution in [-0.4, -0.2) is 61.4 Å². The lowest BCUT2D eigenvalue weighted by Gasteiger charge is -2.47. The van der Waals surface area contributed by atoms with E-state index in [0.29, 0.717) is 0 Å². The molecule has 0 N–H and O–H groups in total. The number of ether oxygens (including phenoxy) is 5. The lowest BCUT2D eigenvalue weighted by Crippen LogP contribution is -2.61. The molecule has 0 saturated carbocycles. The Labute approximate surface area is 221 Å². The Morgan fingerprint density at radius 3 is 1.71 bits per heavy atom. The van der Waals surface area contributed by atoms with Crippen molar-refractivity contribution >= 4 is 25.3 Å². The van der Waals surface area contributed by atoms with E-state index >= 15 is 0 Å². The number of hydrogen-bond acceptors (Lipinski definition) is 10. The van der Waals surface area contributed by atoms with Gasteiger partial charge >= 0.3 is 17.9 Å². The quantitative estimate of drug-likeness (QED) is 0.232. The second-order valence-electron chi connectivity index (χ2n) is 8.81. The van der Waals surface area contributed by atoms with E-state index in [0.717, 1.165) is 25.0 Å². The molecule has 1 heterocycles. The summed E-state index contributed by atoms with van der Waals surface area (Å²) in [4.78, 5) is 36.4. The first kappa shape index (κ1) is 29.5. The first-order valence-corrected chi connectivity index (χ1v) is 13.9. The zero-order valence-corrected chi connectivity index (χ0v) is 22.7. The van der Waals surface area contributed by atoms with Crippen molar-refractivity contribution in [2.75, 3.05) is 13.7 Å². The molecule has 206 valence electrons. The summed E-state index contributed by atoms with van der Waals surface area (Å²) in [6.07, 6.45) is -3.76. The zero-order chi connectivity index (χ0) is 27.7. The van der Waals surface area contributed by atoms with Crippen molar-refractivity contribution < 1.29 is 47.2 Å². The predicted molar refractivity (Wildman–Crippen MR) is 136 cm³/mol. The normalized spacial score (nSPS) is 26.8. The molecular formula is C27H33O10P. The Morgan fingerprint density at radius 2 is 1.21 bits per heavy atom. The molecule has 6 atom stereocenters. The van der Waals surface area contributed by atoms with Gasteiger partial charge in [0.25, 0.3) is 7.37 Å². The van der Waals surface area contributed by atoms with E-state index in [9.17, 15) is 18.9 Å². The number of carbonyl (C=O) groups excluding carboxylic acids is 3. The van der Waals surface area contributed by atoms with E-state index in [2.05, 4.69) is 0 Å². The van der Waals surface area contributed by atoms with Gasteiger partial charge in [0.15, 0.2) is 6.10 Å². The summed E-state index contributed by atoms with van der Waals surface area (Å²) in [6, 6.07) is 18.5. The molecule has 0 spiro atoms. The number of carbonyl (C=O) groups is 3. The smallest absolute Gasteiger partial charge is 0.303 e. The highest BCUT2D eigenvalue weighted by molar-refractivity contribution is 7.60. The third kappa shape index (κ3) is 7.51. The average molecular weight is 549 g/mol. The van der Waals surface area contributed by atoms with Crippen LogP contribution in [0.1, 0.15) is 31.9 Å². The molecule has 0 aliphatic carbocycles. The van der Waals surface area contributed by atoms with Gasteiger partial charge in [-0.2, -0.15) is 0 Å². The molecule has 1 unspecified atom stereocenters. The summed E-state index contributed by atoms with van der Waals surface area (Å²) in [6.45, 7) is 3.54. The number of esters is 3. The highest BCUT2D eigenvalue weighted by atomic mass is 31.2. The van der Waals surface area contributed by atoms with Crippen molar-refractivity contribution in [1.82, 2.24) is 0 Å². The molecule has 2 aromatic rings. The van der Waals surface area contributed by atoms with Gasteiger partial charge in [-0.25, -0.2) is 0 Å². The summed E-state index contributed by atoms with van der Waals surface area (Å²) in [5, 5.41) is 0. The first-order valence-electron chi connectivity index (χ1n) is 12.1. The highest BCUT2D eigenvalue weighted by Crippen LogP contribution is 2.63. The summed E-state index contributed by atoms with van der Waals surface area (Å²) in [5.41, 5.74) is 0.555. The summed E-state index contributed by atoms with van der Waals surface area (Å²) in [5.74, 6) is -3.69. The average Bonchev–Trinajstić information content (AvgIpc) is 2.88. The second kappa shape index (κ2) is 13.7. The van der Waals surface area contributed by atoms with Gasteiger partial charge in [0.2, 0.25) is 5.85 Å². The number of benzene rings is 2. The van der Waals surface area contributed by atoms with Gasteiger partial charge in [-0.15, -0.1) is 0 Å². The minimum Gasteiger partial charge on any atom is -0.459 e. The van der Waals surface area contributed by atoms with E-state index in [1.54, 1.807) is 0 Å². The summed E-state index contributed by atoms with van der Waals surface area (Å²) in [7, 11) is -2.85. The molecule has 0 bridgehead atoms. The zero-order valence-electron chi connectivity index (χ0n) is 21.8. The summed E-state index contributed by atoms with van der Waals surface area (Å²) >= 11 is 0. The van der Waals surface area contributed by atoms with Crippen molar-refractivity contribution in [3.63, 3.8) is 0 Å². The van der Waals surface area contributed by atoms with E-state index in [1.165, 1.54) is 14.0 Å². The fourth-order valence-corrected chi connectivity index (χ4v) is 7.14.